The topological polar surface area (TPSA) is 9.23 Å². The molecule has 1 unspecified atom stereocenters. The van der Waals surface area contributed by atoms with Gasteiger partial charge < -0.3 is 4.74 Å². The minimum absolute atomic E-state index is 0.549. The summed E-state index contributed by atoms with van der Waals surface area (Å²) in [7, 11) is 0. The number of ether oxygens (including phenoxy) is 1. The Balaban J connectivity index is 2.04. The van der Waals surface area contributed by atoms with E-state index in [4.69, 9.17) is 0 Å². The van der Waals surface area contributed by atoms with Crippen molar-refractivity contribution in [2.45, 2.75) is 51.1 Å². The molecule has 1 nitrogen and oxygen atoms in total. The van der Waals surface area contributed by atoms with Crippen LogP contribution >= 0.6 is 0 Å². The van der Waals surface area contributed by atoms with E-state index in [-0.39, 0.29) is 0 Å². The van der Waals surface area contributed by atoms with Crippen LogP contribution in [0.4, 0.5) is 26.3 Å². The van der Waals surface area contributed by atoms with Crippen LogP contribution in [-0.4, -0.2) is 18.5 Å². The second kappa shape index (κ2) is 8.67. The lowest BCUT2D eigenvalue weighted by molar-refractivity contribution is -0.304. The Morgan fingerprint density at radius 1 is 0.815 bits per heavy atom. The first-order chi connectivity index (χ1) is 12.6. The van der Waals surface area contributed by atoms with Crippen LogP contribution in [0.15, 0.2) is 48.5 Å². The van der Waals surface area contributed by atoms with E-state index < -0.39 is 24.2 Å². The van der Waals surface area contributed by atoms with E-state index in [1.54, 1.807) is 0 Å². The Kier molecular flexibility index (Phi) is 6.78. The summed E-state index contributed by atoms with van der Waals surface area (Å²) in [6, 6.07) is 12.7. The third-order valence-electron chi connectivity index (χ3n) is 4.05. The van der Waals surface area contributed by atoms with Crippen molar-refractivity contribution in [2.75, 3.05) is 0 Å². The quantitative estimate of drug-likeness (QED) is 0.350. The van der Waals surface area contributed by atoms with E-state index in [0.717, 1.165) is 43.4 Å². The maximum absolute atomic E-state index is 13.3. The lowest BCUT2D eigenvalue weighted by Crippen LogP contribution is -2.45. The third kappa shape index (κ3) is 5.91. The van der Waals surface area contributed by atoms with Crippen LogP contribution in [-0.2, 0) is 6.42 Å². The van der Waals surface area contributed by atoms with Crippen molar-refractivity contribution in [1.82, 2.24) is 0 Å². The normalized spacial score (nSPS) is 13.4. The molecule has 27 heavy (non-hydrogen) atoms. The summed E-state index contributed by atoms with van der Waals surface area (Å²) in [4.78, 5) is 0. The van der Waals surface area contributed by atoms with E-state index in [2.05, 4.69) is 11.7 Å². The molecule has 0 spiro atoms. The van der Waals surface area contributed by atoms with Gasteiger partial charge in [0.2, 0.25) is 0 Å². The average Bonchev–Trinajstić information content (AvgIpc) is 2.61. The van der Waals surface area contributed by atoms with Crippen molar-refractivity contribution in [3.8, 4) is 16.9 Å². The largest absolute Gasteiger partial charge is 0.439 e. The van der Waals surface area contributed by atoms with Crippen molar-refractivity contribution >= 4 is 0 Å². The van der Waals surface area contributed by atoms with E-state index >= 15 is 0 Å². The third-order valence-corrected chi connectivity index (χ3v) is 4.05. The highest BCUT2D eigenvalue weighted by atomic mass is 19.4. The zero-order valence-corrected chi connectivity index (χ0v) is 14.7. The maximum atomic E-state index is 13.3. The zero-order valence-electron chi connectivity index (χ0n) is 14.7. The van der Waals surface area contributed by atoms with Crippen molar-refractivity contribution in [3.05, 3.63) is 54.1 Å². The van der Waals surface area contributed by atoms with Gasteiger partial charge in [-0.15, -0.1) is 0 Å². The number of halogens is 6. The number of benzene rings is 2. The smallest absolute Gasteiger partial charge is 0.430 e. The van der Waals surface area contributed by atoms with Gasteiger partial charge in [0, 0.05) is 0 Å². The second-order valence-corrected chi connectivity index (χ2v) is 6.25. The first-order valence-corrected chi connectivity index (χ1v) is 8.60. The number of aryl methyl sites for hydroxylation is 1. The van der Waals surface area contributed by atoms with Gasteiger partial charge in [-0.25, -0.2) is 4.39 Å². The fourth-order valence-corrected chi connectivity index (χ4v) is 2.56. The first kappa shape index (κ1) is 21.1. The lowest BCUT2D eigenvalue weighted by atomic mass is 10.0. The molecule has 0 saturated carbocycles. The highest BCUT2D eigenvalue weighted by Crippen LogP contribution is 2.36. The van der Waals surface area contributed by atoms with Crippen molar-refractivity contribution < 1.29 is 31.1 Å². The molecule has 0 amide bonds. The molecule has 2 rings (SSSR count). The van der Waals surface area contributed by atoms with Crippen molar-refractivity contribution in [3.63, 3.8) is 0 Å². The summed E-state index contributed by atoms with van der Waals surface area (Å²) in [5.74, 6) is -0.549. The first-order valence-electron chi connectivity index (χ1n) is 8.60. The minimum Gasteiger partial charge on any atom is -0.430 e. The van der Waals surface area contributed by atoms with Crippen molar-refractivity contribution in [1.29, 1.82) is 0 Å². The number of alkyl halides is 6. The zero-order chi connectivity index (χ0) is 20.1. The molecule has 0 aliphatic rings. The Hall–Kier alpha value is -2.18. The summed E-state index contributed by atoms with van der Waals surface area (Å²) in [6.45, 7) is 2.13. The molecule has 0 bridgehead atoms. The predicted octanol–water partition coefficient (Wildman–Crippen LogP) is 6.96. The summed E-state index contributed by atoms with van der Waals surface area (Å²) >= 11 is 0. The molecule has 2 aromatic carbocycles. The molecule has 0 saturated heterocycles. The van der Waals surface area contributed by atoms with Crippen LogP contribution in [0.3, 0.4) is 0 Å². The molecule has 0 heterocycles. The summed E-state index contributed by atoms with van der Waals surface area (Å²) < 4.78 is 79.7. The van der Waals surface area contributed by atoms with E-state index in [0.29, 0.717) is 5.56 Å². The highest BCUT2D eigenvalue weighted by Gasteiger charge is 2.59. The van der Waals surface area contributed by atoms with Crippen LogP contribution in [0.5, 0.6) is 5.75 Å². The minimum atomic E-state index is -5.71. The average molecular weight is 390 g/mol. The molecule has 0 fully saturated rings. The van der Waals surface area contributed by atoms with Crippen LogP contribution < -0.4 is 4.74 Å². The second-order valence-electron chi connectivity index (χ2n) is 6.25. The Labute approximate surface area is 154 Å². The molecule has 0 radical (unpaired) electrons. The van der Waals surface area contributed by atoms with Crippen molar-refractivity contribution in [2.24, 2.45) is 0 Å². The van der Waals surface area contributed by atoms with Gasteiger partial charge in [0.1, 0.15) is 5.75 Å². The van der Waals surface area contributed by atoms with Crippen LogP contribution in [0, 0.1) is 0 Å². The molecule has 0 aromatic heterocycles. The molecule has 148 valence electrons. The number of rotatable bonds is 8. The standard InChI is InChI=1S/C20H20F6O/c1-2-3-4-5-14-6-8-15(9-7-14)16-10-12-17(13-11-16)27-20(25,26)18(21)19(22,23)24/h6-13,18H,2-5H2,1H3. The molecule has 1 atom stereocenters. The van der Waals surface area contributed by atoms with E-state index in [9.17, 15) is 26.3 Å². The molecule has 0 N–H and O–H groups in total. The van der Waals surface area contributed by atoms with Gasteiger partial charge in [-0.2, -0.15) is 22.0 Å². The van der Waals surface area contributed by atoms with Crippen LogP contribution in [0.25, 0.3) is 11.1 Å². The number of unbranched alkanes of at least 4 members (excludes halogenated alkanes) is 2. The van der Waals surface area contributed by atoms with Gasteiger partial charge in [0.05, 0.1) is 0 Å². The van der Waals surface area contributed by atoms with Gasteiger partial charge in [0.15, 0.2) is 0 Å². The van der Waals surface area contributed by atoms with Gasteiger partial charge >= 0.3 is 12.3 Å². The van der Waals surface area contributed by atoms with Crippen LogP contribution in [0.2, 0.25) is 0 Å². The molecule has 7 heteroatoms. The van der Waals surface area contributed by atoms with E-state index in [1.807, 2.05) is 24.3 Å². The maximum Gasteiger partial charge on any atom is 0.439 e. The SMILES string of the molecule is CCCCCc1ccc(-c2ccc(OC(F)(F)C(F)C(F)(F)F)cc2)cc1. The Morgan fingerprint density at radius 3 is 1.81 bits per heavy atom. The highest BCUT2D eigenvalue weighted by molar-refractivity contribution is 5.64. The number of hydrogen-bond donors (Lipinski definition) is 0. The molecule has 0 aliphatic heterocycles. The molecular weight excluding hydrogens is 370 g/mol. The molecule has 0 aliphatic carbocycles. The summed E-state index contributed by atoms with van der Waals surface area (Å²) in [6.07, 6.45) is -10.7. The summed E-state index contributed by atoms with van der Waals surface area (Å²) in [5, 5.41) is 0. The fourth-order valence-electron chi connectivity index (χ4n) is 2.56. The predicted molar refractivity (Wildman–Crippen MR) is 91.6 cm³/mol. The van der Waals surface area contributed by atoms with Gasteiger partial charge in [-0.3, -0.25) is 0 Å². The Morgan fingerprint density at radius 2 is 1.33 bits per heavy atom. The van der Waals surface area contributed by atoms with Gasteiger partial charge in [-0.1, -0.05) is 56.2 Å². The van der Waals surface area contributed by atoms with E-state index in [1.165, 1.54) is 17.7 Å². The van der Waals surface area contributed by atoms with Crippen LogP contribution in [0.1, 0.15) is 31.7 Å². The Bertz CT molecular complexity index is 707. The number of hydrogen-bond acceptors (Lipinski definition) is 1. The summed E-state index contributed by atoms with van der Waals surface area (Å²) in [5.41, 5.74) is 2.69. The fraction of sp³-hybridized carbons (Fsp3) is 0.400. The van der Waals surface area contributed by atoms with Gasteiger partial charge in [-0.05, 0) is 41.7 Å². The lowest BCUT2D eigenvalue weighted by Gasteiger charge is -2.23. The monoisotopic (exact) mass is 390 g/mol. The molecular formula is C20H20F6O. The van der Waals surface area contributed by atoms with Gasteiger partial charge in [0.25, 0.3) is 6.17 Å². The molecule has 2 aromatic rings.